The lowest BCUT2D eigenvalue weighted by Gasteiger charge is -2.10. The van der Waals surface area contributed by atoms with Gasteiger partial charge in [0.25, 0.3) is 0 Å². The molecule has 0 saturated heterocycles. The summed E-state index contributed by atoms with van der Waals surface area (Å²) in [6.07, 6.45) is 0. The Labute approximate surface area is 121 Å². The molecule has 2 nitrogen and oxygen atoms in total. The second kappa shape index (κ2) is 6.63. The molecule has 21 heavy (non-hydrogen) atoms. The third-order valence-electron chi connectivity index (χ3n) is 2.98. The molecular formula is C16H15F3O2. The van der Waals surface area contributed by atoms with Crippen LogP contribution in [-0.2, 0) is 11.3 Å². The van der Waals surface area contributed by atoms with Crippen LogP contribution in [0.5, 0.6) is 5.75 Å². The lowest BCUT2D eigenvalue weighted by atomic mass is 10.0. The van der Waals surface area contributed by atoms with Gasteiger partial charge in [0.2, 0.25) is 5.82 Å². The Bertz CT molecular complexity index is 642. The average molecular weight is 296 g/mol. The predicted octanol–water partition coefficient (Wildman–Crippen LogP) is 4.32. The van der Waals surface area contributed by atoms with Gasteiger partial charge >= 0.3 is 0 Å². The molecule has 112 valence electrons. The third-order valence-corrected chi connectivity index (χ3v) is 2.98. The molecule has 0 N–H and O–H groups in total. The smallest absolute Gasteiger partial charge is 0.201 e. The van der Waals surface area contributed by atoms with Crippen LogP contribution < -0.4 is 4.74 Å². The molecule has 0 unspecified atom stereocenters. The summed E-state index contributed by atoms with van der Waals surface area (Å²) in [5.41, 5.74) is 0.470. The highest BCUT2D eigenvalue weighted by molar-refractivity contribution is 5.66. The molecule has 0 heterocycles. The van der Waals surface area contributed by atoms with Crippen molar-refractivity contribution in [1.29, 1.82) is 0 Å². The second-order valence-electron chi connectivity index (χ2n) is 4.42. The Morgan fingerprint density at radius 1 is 0.952 bits per heavy atom. The average Bonchev–Trinajstić information content (AvgIpc) is 2.46. The minimum absolute atomic E-state index is 0.00528. The molecular weight excluding hydrogens is 281 g/mol. The molecule has 0 bridgehead atoms. The normalized spacial score (nSPS) is 10.7. The van der Waals surface area contributed by atoms with E-state index in [4.69, 9.17) is 9.47 Å². The Hall–Kier alpha value is -2.01. The van der Waals surface area contributed by atoms with Crippen LogP contribution in [0.4, 0.5) is 13.2 Å². The first-order valence-electron chi connectivity index (χ1n) is 6.47. The van der Waals surface area contributed by atoms with Crippen LogP contribution in [0, 0.1) is 17.5 Å². The van der Waals surface area contributed by atoms with Crippen molar-refractivity contribution in [3.8, 4) is 16.9 Å². The van der Waals surface area contributed by atoms with E-state index in [9.17, 15) is 13.2 Å². The van der Waals surface area contributed by atoms with E-state index in [0.717, 1.165) is 0 Å². The fourth-order valence-electron chi connectivity index (χ4n) is 2.04. The molecule has 2 aromatic carbocycles. The van der Waals surface area contributed by atoms with Crippen molar-refractivity contribution >= 4 is 0 Å². The third kappa shape index (κ3) is 3.19. The van der Waals surface area contributed by atoms with E-state index in [0.29, 0.717) is 5.56 Å². The maximum absolute atomic E-state index is 14.1. The quantitative estimate of drug-likeness (QED) is 0.818. The zero-order chi connectivity index (χ0) is 15.4. The zero-order valence-electron chi connectivity index (χ0n) is 11.8. The lowest BCUT2D eigenvalue weighted by Crippen LogP contribution is -1.99. The molecule has 0 amide bonds. The molecule has 0 aliphatic heterocycles. The van der Waals surface area contributed by atoms with Gasteiger partial charge < -0.3 is 9.47 Å². The Kier molecular flexibility index (Phi) is 4.85. The molecule has 0 radical (unpaired) electrons. The predicted molar refractivity (Wildman–Crippen MR) is 73.6 cm³/mol. The zero-order valence-corrected chi connectivity index (χ0v) is 11.8. The summed E-state index contributed by atoms with van der Waals surface area (Å²) in [6, 6.07) is 6.85. The van der Waals surface area contributed by atoms with Crippen molar-refractivity contribution in [3.05, 3.63) is 53.3 Å². The topological polar surface area (TPSA) is 18.5 Å². The van der Waals surface area contributed by atoms with Gasteiger partial charge in [-0.1, -0.05) is 12.1 Å². The maximum atomic E-state index is 14.1. The number of hydrogen-bond donors (Lipinski definition) is 0. The Morgan fingerprint density at radius 3 is 2.29 bits per heavy atom. The van der Waals surface area contributed by atoms with E-state index in [-0.39, 0.29) is 30.1 Å². The molecule has 2 rings (SSSR count). The fourth-order valence-corrected chi connectivity index (χ4v) is 2.04. The standard InChI is InChI=1S/C16H15F3O2/c1-3-21-14-7-6-12(15(18)16(14)19)11-5-4-10(9-20-2)8-13(11)17/h4-8H,3,9H2,1-2H3. The SMILES string of the molecule is CCOc1ccc(-c2ccc(COC)cc2F)c(F)c1F. The highest BCUT2D eigenvalue weighted by Crippen LogP contribution is 2.31. The largest absolute Gasteiger partial charge is 0.491 e. The van der Waals surface area contributed by atoms with Gasteiger partial charge in [-0.25, -0.2) is 8.78 Å². The first-order valence-corrected chi connectivity index (χ1v) is 6.47. The first-order chi connectivity index (χ1) is 10.1. The van der Waals surface area contributed by atoms with E-state index in [1.54, 1.807) is 13.0 Å². The highest BCUT2D eigenvalue weighted by atomic mass is 19.2. The van der Waals surface area contributed by atoms with Crippen LogP contribution >= 0.6 is 0 Å². The van der Waals surface area contributed by atoms with Crippen molar-refractivity contribution in [1.82, 2.24) is 0 Å². The van der Waals surface area contributed by atoms with Gasteiger partial charge in [-0.05, 0) is 30.7 Å². The molecule has 0 aliphatic carbocycles. The van der Waals surface area contributed by atoms with Crippen LogP contribution in [-0.4, -0.2) is 13.7 Å². The number of halogens is 3. The lowest BCUT2D eigenvalue weighted by molar-refractivity contribution is 0.184. The summed E-state index contributed by atoms with van der Waals surface area (Å²) < 4.78 is 51.8. The summed E-state index contributed by atoms with van der Waals surface area (Å²) in [6.45, 7) is 2.13. The summed E-state index contributed by atoms with van der Waals surface area (Å²) in [5, 5.41) is 0. The minimum Gasteiger partial charge on any atom is -0.491 e. The van der Waals surface area contributed by atoms with Crippen molar-refractivity contribution in [2.75, 3.05) is 13.7 Å². The Balaban J connectivity index is 2.45. The highest BCUT2D eigenvalue weighted by Gasteiger charge is 2.18. The van der Waals surface area contributed by atoms with Crippen molar-refractivity contribution in [2.24, 2.45) is 0 Å². The molecule has 0 aromatic heterocycles. The summed E-state index contributed by atoms with van der Waals surface area (Å²) in [5.74, 6) is -3.06. The summed E-state index contributed by atoms with van der Waals surface area (Å²) >= 11 is 0. The van der Waals surface area contributed by atoms with Crippen molar-refractivity contribution < 1.29 is 22.6 Å². The van der Waals surface area contributed by atoms with Crippen LogP contribution in [0.1, 0.15) is 12.5 Å². The summed E-state index contributed by atoms with van der Waals surface area (Å²) in [7, 11) is 1.49. The van der Waals surface area contributed by atoms with Crippen LogP contribution in [0.25, 0.3) is 11.1 Å². The van der Waals surface area contributed by atoms with Gasteiger partial charge in [0.1, 0.15) is 5.82 Å². The molecule has 2 aromatic rings. The number of rotatable bonds is 5. The second-order valence-corrected chi connectivity index (χ2v) is 4.42. The van der Waals surface area contributed by atoms with Gasteiger partial charge in [0, 0.05) is 18.2 Å². The van der Waals surface area contributed by atoms with E-state index in [1.807, 2.05) is 0 Å². The van der Waals surface area contributed by atoms with Crippen LogP contribution in [0.15, 0.2) is 30.3 Å². The number of benzene rings is 2. The van der Waals surface area contributed by atoms with Gasteiger partial charge in [-0.15, -0.1) is 0 Å². The molecule has 0 fully saturated rings. The van der Waals surface area contributed by atoms with Crippen LogP contribution in [0.3, 0.4) is 0 Å². The van der Waals surface area contributed by atoms with E-state index in [2.05, 4.69) is 0 Å². The fraction of sp³-hybridized carbons (Fsp3) is 0.250. The van der Waals surface area contributed by atoms with Gasteiger partial charge in [-0.2, -0.15) is 4.39 Å². The molecule has 5 heteroatoms. The van der Waals surface area contributed by atoms with E-state index in [1.165, 1.54) is 31.4 Å². The Morgan fingerprint density at radius 2 is 1.67 bits per heavy atom. The van der Waals surface area contributed by atoms with Gasteiger partial charge in [-0.3, -0.25) is 0 Å². The molecule has 0 spiro atoms. The van der Waals surface area contributed by atoms with E-state index < -0.39 is 17.5 Å². The maximum Gasteiger partial charge on any atom is 0.201 e. The monoisotopic (exact) mass is 296 g/mol. The first kappa shape index (κ1) is 15.4. The number of hydrogen-bond acceptors (Lipinski definition) is 2. The van der Waals surface area contributed by atoms with Crippen molar-refractivity contribution in [2.45, 2.75) is 13.5 Å². The summed E-state index contributed by atoms with van der Waals surface area (Å²) in [4.78, 5) is 0. The van der Waals surface area contributed by atoms with Crippen molar-refractivity contribution in [3.63, 3.8) is 0 Å². The number of ether oxygens (including phenoxy) is 2. The van der Waals surface area contributed by atoms with Gasteiger partial charge in [0.05, 0.1) is 13.2 Å². The number of methoxy groups -OCH3 is 1. The van der Waals surface area contributed by atoms with Crippen LogP contribution in [0.2, 0.25) is 0 Å². The van der Waals surface area contributed by atoms with E-state index >= 15 is 0 Å². The van der Waals surface area contributed by atoms with Gasteiger partial charge in [0.15, 0.2) is 11.6 Å². The molecule has 0 saturated carbocycles. The molecule has 0 atom stereocenters. The molecule has 0 aliphatic rings. The minimum atomic E-state index is -1.13.